The Morgan fingerprint density at radius 3 is 2.33 bits per heavy atom. The van der Waals surface area contributed by atoms with E-state index in [0.29, 0.717) is 37.6 Å². The van der Waals surface area contributed by atoms with Crippen molar-refractivity contribution in [3.8, 4) is 5.75 Å². The fourth-order valence-corrected chi connectivity index (χ4v) is 4.57. The first kappa shape index (κ1) is 20.7. The molecule has 0 aromatic heterocycles. The van der Waals surface area contributed by atoms with Crippen LogP contribution in [-0.4, -0.2) is 66.6 Å². The molecule has 2 heterocycles. The summed E-state index contributed by atoms with van der Waals surface area (Å²) in [5.74, 6) is 0.370. The van der Waals surface area contributed by atoms with E-state index in [1.54, 1.807) is 4.90 Å². The average molecular weight is 411 g/mol. The number of carbonyl (C=O) groups is 2. The zero-order chi connectivity index (χ0) is 21.1. The molecule has 0 spiro atoms. The minimum atomic E-state index is -0.0776. The second-order valence-electron chi connectivity index (χ2n) is 8.32. The number of hydrogen-bond acceptors (Lipinski definition) is 4. The van der Waals surface area contributed by atoms with E-state index in [2.05, 4.69) is 13.8 Å². The third kappa shape index (κ3) is 4.29. The number of carbonyl (C=O) groups excluding carboxylic acids is 2. The summed E-state index contributed by atoms with van der Waals surface area (Å²) in [6.45, 7) is 6.33. The number of likely N-dealkylation sites (tertiary alicyclic amines) is 1. The van der Waals surface area contributed by atoms with Crippen LogP contribution >= 0.6 is 0 Å². The fraction of sp³-hybridized carbons (Fsp3) is 0.500. The van der Waals surface area contributed by atoms with Crippen molar-refractivity contribution in [1.29, 1.82) is 0 Å². The molecule has 0 radical (unpaired) electrons. The third-order valence-electron chi connectivity index (χ3n) is 6.21. The van der Waals surface area contributed by atoms with Crippen molar-refractivity contribution in [3.63, 3.8) is 0 Å². The van der Waals surface area contributed by atoms with Crippen LogP contribution in [0, 0.1) is 0 Å². The summed E-state index contributed by atoms with van der Waals surface area (Å²) in [6.07, 6.45) is 3.19. The van der Waals surface area contributed by atoms with Crippen LogP contribution in [0.4, 0.5) is 0 Å². The lowest BCUT2D eigenvalue weighted by atomic mass is 9.97. The van der Waals surface area contributed by atoms with Crippen molar-refractivity contribution >= 4 is 22.6 Å². The molecule has 0 saturated carbocycles. The molecule has 2 aliphatic heterocycles. The highest BCUT2D eigenvalue weighted by Crippen LogP contribution is 2.28. The van der Waals surface area contributed by atoms with Crippen LogP contribution in [0.25, 0.3) is 10.8 Å². The summed E-state index contributed by atoms with van der Waals surface area (Å²) < 4.78 is 11.4. The highest BCUT2D eigenvalue weighted by molar-refractivity contribution is 6.01. The summed E-state index contributed by atoms with van der Waals surface area (Å²) >= 11 is 0. The molecule has 2 amide bonds. The Kier molecular flexibility index (Phi) is 6.23. The first-order valence-corrected chi connectivity index (χ1v) is 10.9. The van der Waals surface area contributed by atoms with Gasteiger partial charge in [-0.15, -0.1) is 0 Å². The van der Waals surface area contributed by atoms with Crippen LogP contribution in [-0.2, 0) is 9.53 Å². The minimum absolute atomic E-state index is 0.0207. The number of fused-ring (bicyclic) bond motifs is 1. The van der Waals surface area contributed by atoms with Crippen LogP contribution in [0.3, 0.4) is 0 Å². The van der Waals surface area contributed by atoms with Gasteiger partial charge in [0.1, 0.15) is 5.75 Å². The Morgan fingerprint density at radius 1 is 1.03 bits per heavy atom. The Hall–Kier alpha value is -2.60. The Bertz CT molecular complexity index is 913. The van der Waals surface area contributed by atoms with Crippen molar-refractivity contribution in [1.82, 2.24) is 9.80 Å². The zero-order valence-electron chi connectivity index (χ0n) is 17.8. The van der Waals surface area contributed by atoms with Gasteiger partial charge in [0, 0.05) is 25.2 Å². The standard InChI is InChI=1S/C24H30N2O4/c1-17-6-5-7-18(2)26(17)23(27)16-30-22-15-20-9-4-3-8-19(20)14-21(22)24(28)25-10-12-29-13-11-25/h3-4,8-9,14-15,17-18H,5-7,10-13,16H2,1-2H3/t17-,18-/m1/s1. The normalized spacial score (nSPS) is 22.2. The van der Waals surface area contributed by atoms with Gasteiger partial charge in [-0.05, 0) is 56.0 Å². The molecule has 2 atom stereocenters. The van der Waals surface area contributed by atoms with E-state index in [-0.39, 0.29) is 30.5 Å². The summed E-state index contributed by atoms with van der Waals surface area (Å²) in [4.78, 5) is 29.9. The number of rotatable bonds is 4. The highest BCUT2D eigenvalue weighted by atomic mass is 16.5. The molecule has 0 bridgehead atoms. The zero-order valence-corrected chi connectivity index (χ0v) is 17.8. The molecule has 30 heavy (non-hydrogen) atoms. The Labute approximate surface area is 177 Å². The predicted molar refractivity (Wildman–Crippen MR) is 116 cm³/mol. The van der Waals surface area contributed by atoms with E-state index in [0.717, 1.165) is 30.0 Å². The molecule has 0 unspecified atom stereocenters. The molecule has 0 aliphatic carbocycles. The molecule has 6 heteroatoms. The lowest BCUT2D eigenvalue weighted by molar-refractivity contribution is -0.139. The molecule has 2 aromatic rings. The van der Waals surface area contributed by atoms with Crippen molar-refractivity contribution in [2.45, 2.75) is 45.2 Å². The molecule has 2 saturated heterocycles. The summed E-state index contributed by atoms with van der Waals surface area (Å²) in [5, 5.41) is 1.96. The molecule has 160 valence electrons. The van der Waals surface area contributed by atoms with Crippen molar-refractivity contribution in [2.75, 3.05) is 32.9 Å². The monoisotopic (exact) mass is 410 g/mol. The maximum absolute atomic E-state index is 13.2. The van der Waals surface area contributed by atoms with Crippen molar-refractivity contribution < 1.29 is 19.1 Å². The second-order valence-corrected chi connectivity index (χ2v) is 8.32. The molecule has 4 rings (SSSR count). The molecule has 2 aromatic carbocycles. The SMILES string of the molecule is C[C@@H]1CCC[C@@H](C)N1C(=O)COc1cc2ccccc2cc1C(=O)N1CCOCC1. The number of nitrogens with zero attached hydrogens (tertiary/aromatic N) is 2. The van der Waals surface area contributed by atoms with E-state index >= 15 is 0 Å². The lowest BCUT2D eigenvalue weighted by Gasteiger charge is -2.39. The van der Waals surface area contributed by atoms with E-state index in [4.69, 9.17) is 9.47 Å². The smallest absolute Gasteiger partial charge is 0.260 e. The number of amides is 2. The summed E-state index contributed by atoms with van der Waals surface area (Å²) in [6, 6.07) is 12.1. The highest BCUT2D eigenvalue weighted by Gasteiger charge is 2.29. The molecule has 0 N–H and O–H groups in total. The first-order valence-electron chi connectivity index (χ1n) is 10.9. The molecular weight excluding hydrogens is 380 g/mol. The maximum atomic E-state index is 13.2. The van der Waals surface area contributed by atoms with Crippen molar-refractivity contribution in [2.24, 2.45) is 0 Å². The number of morpholine rings is 1. The third-order valence-corrected chi connectivity index (χ3v) is 6.21. The topological polar surface area (TPSA) is 59.1 Å². The number of piperidine rings is 1. The molecule has 2 fully saturated rings. The molecular formula is C24H30N2O4. The van der Waals surface area contributed by atoms with Crippen LogP contribution in [0.15, 0.2) is 36.4 Å². The van der Waals surface area contributed by atoms with Gasteiger partial charge in [-0.25, -0.2) is 0 Å². The Morgan fingerprint density at radius 2 is 1.67 bits per heavy atom. The quantitative estimate of drug-likeness (QED) is 0.774. The minimum Gasteiger partial charge on any atom is -0.483 e. The second kappa shape index (κ2) is 9.04. The van der Waals surface area contributed by atoms with Crippen LogP contribution < -0.4 is 4.74 Å². The summed E-state index contributed by atoms with van der Waals surface area (Å²) in [5.41, 5.74) is 0.503. The largest absolute Gasteiger partial charge is 0.483 e. The predicted octanol–water partition coefficient (Wildman–Crippen LogP) is 3.48. The molecule has 6 nitrogen and oxygen atoms in total. The van der Waals surface area contributed by atoms with Gasteiger partial charge in [-0.2, -0.15) is 0 Å². The number of hydrogen-bond donors (Lipinski definition) is 0. The van der Waals surface area contributed by atoms with Gasteiger partial charge in [-0.3, -0.25) is 9.59 Å². The van der Waals surface area contributed by atoms with Crippen LogP contribution in [0.5, 0.6) is 5.75 Å². The Balaban J connectivity index is 1.58. The van der Waals surface area contributed by atoms with E-state index in [1.807, 2.05) is 41.3 Å². The van der Waals surface area contributed by atoms with E-state index < -0.39 is 0 Å². The van der Waals surface area contributed by atoms with Gasteiger partial charge < -0.3 is 19.3 Å². The van der Waals surface area contributed by atoms with Gasteiger partial charge >= 0.3 is 0 Å². The van der Waals surface area contributed by atoms with E-state index in [1.165, 1.54) is 0 Å². The first-order chi connectivity index (χ1) is 14.5. The van der Waals surface area contributed by atoms with Gasteiger partial charge in [0.2, 0.25) is 0 Å². The van der Waals surface area contributed by atoms with Crippen LogP contribution in [0.2, 0.25) is 0 Å². The van der Waals surface area contributed by atoms with Gasteiger partial charge in [0.15, 0.2) is 6.61 Å². The average Bonchev–Trinajstić information content (AvgIpc) is 2.77. The van der Waals surface area contributed by atoms with Crippen molar-refractivity contribution in [3.05, 3.63) is 42.0 Å². The van der Waals surface area contributed by atoms with E-state index in [9.17, 15) is 9.59 Å². The number of ether oxygens (including phenoxy) is 2. The number of benzene rings is 2. The maximum Gasteiger partial charge on any atom is 0.260 e. The van der Waals surface area contributed by atoms with Gasteiger partial charge in [-0.1, -0.05) is 24.3 Å². The summed E-state index contributed by atoms with van der Waals surface area (Å²) in [7, 11) is 0. The lowest BCUT2D eigenvalue weighted by Crippen LogP contribution is -2.49. The molecule has 2 aliphatic rings. The van der Waals surface area contributed by atoms with Gasteiger partial charge in [0.25, 0.3) is 11.8 Å². The fourth-order valence-electron chi connectivity index (χ4n) is 4.57. The van der Waals surface area contributed by atoms with Crippen LogP contribution in [0.1, 0.15) is 43.5 Å². The van der Waals surface area contributed by atoms with Gasteiger partial charge in [0.05, 0.1) is 18.8 Å².